The van der Waals surface area contributed by atoms with Gasteiger partial charge in [-0.15, -0.1) is 0 Å². The van der Waals surface area contributed by atoms with Gasteiger partial charge in [0, 0.05) is 7.11 Å². The van der Waals surface area contributed by atoms with Crippen LogP contribution in [0.3, 0.4) is 0 Å². The van der Waals surface area contributed by atoms with E-state index in [2.05, 4.69) is 9.97 Å². The maximum Gasteiger partial charge on any atom is 0.356 e. The molecule has 0 fully saturated rings. The molecule has 0 bridgehead atoms. The lowest BCUT2D eigenvalue weighted by atomic mass is 10.2. The molecule has 0 saturated carbocycles. The lowest BCUT2D eigenvalue weighted by molar-refractivity contribution is 0.0683. The lowest BCUT2D eigenvalue weighted by Crippen LogP contribution is -2.11. The Balaban J connectivity index is 3.05. The fourth-order valence-corrected chi connectivity index (χ4v) is 1.47. The van der Waals surface area contributed by atoms with Crippen LogP contribution in [0.15, 0.2) is 6.20 Å². The summed E-state index contributed by atoms with van der Waals surface area (Å²) >= 11 is 5.67. The zero-order valence-electron chi connectivity index (χ0n) is 9.11. The molecule has 0 amide bonds. The average molecular weight is 245 g/mol. The molecule has 16 heavy (non-hydrogen) atoms. The minimum Gasteiger partial charge on any atom is -0.476 e. The highest BCUT2D eigenvalue weighted by Crippen LogP contribution is 2.21. The first-order valence-electron chi connectivity index (χ1n) is 4.88. The number of rotatable bonds is 5. The Morgan fingerprint density at radius 2 is 2.38 bits per heavy atom. The number of hydrogen-bond acceptors (Lipinski definition) is 4. The summed E-state index contributed by atoms with van der Waals surface area (Å²) in [5, 5.41) is 8.89. The maximum absolute atomic E-state index is 10.8. The van der Waals surface area contributed by atoms with Crippen molar-refractivity contribution in [1.29, 1.82) is 0 Å². The number of ether oxygens (including phenoxy) is 1. The van der Waals surface area contributed by atoms with Gasteiger partial charge in [-0.1, -0.05) is 24.9 Å². The molecule has 0 aliphatic rings. The van der Waals surface area contributed by atoms with Gasteiger partial charge in [0.25, 0.3) is 0 Å². The fraction of sp³-hybridized carbons (Fsp3) is 0.500. The Kier molecular flexibility index (Phi) is 4.64. The Hall–Kier alpha value is -1.20. The molecule has 0 aliphatic heterocycles. The molecule has 1 heterocycles. The fourth-order valence-electron chi connectivity index (χ4n) is 1.30. The van der Waals surface area contributed by atoms with E-state index in [9.17, 15) is 4.79 Å². The number of halogens is 1. The molecule has 1 atom stereocenters. The second-order valence-electron chi connectivity index (χ2n) is 3.24. The summed E-state index contributed by atoms with van der Waals surface area (Å²) in [5.41, 5.74) is -0.190. The first-order chi connectivity index (χ1) is 7.60. The van der Waals surface area contributed by atoms with E-state index in [1.54, 1.807) is 7.11 Å². The SMILES string of the molecule is CCCC(OC)c1ncc(Cl)c(C(=O)O)n1. The van der Waals surface area contributed by atoms with Gasteiger partial charge in [-0.2, -0.15) is 0 Å². The van der Waals surface area contributed by atoms with Crippen molar-refractivity contribution in [2.24, 2.45) is 0 Å². The van der Waals surface area contributed by atoms with Gasteiger partial charge in [-0.3, -0.25) is 0 Å². The summed E-state index contributed by atoms with van der Waals surface area (Å²) in [6, 6.07) is 0. The van der Waals surface area contributed by atoms with Crippen molar-refractivity contribution >= 4 is 17.6 Å². The first-order valence-corrected chi connectivity index (χ1v) is 5.26. The summed E-state index contributed by atoms with van der Waals surface area (Å²) in [7, 11) is 1.54. The highest BCUT2D eigenvalue weighted by Gasteiger charge is 2.18. The quantitative estimate of drug-likeness (QED) is 0.861. The summed E-state index contributed by atoms with van der Waals surface area (Å²) in [6.07, 6.45) is 2.62. The first kappa shape index (κ1) is 12.9. The Bertz CT molecular complexity index is 384. The van der Waals surface area contributed by atoms with E-state index >= 15 is 0 Å². The molecule has 88 valence electrons. The minimum atomic E-state index is -1.17. The van der Waals surface area contributed by atoms with Gasteiger partial charge in [0.1, 0.15) is 6.10 Å². The number of carbonyl (C=O) groups is 1. The molecule has 0 radical (unpaired) electrons. The number of aromatic carboxylic acids is 1. The van der Waals surface area contributed by atoms with Gasteiger partial charge < -0.3 is 9.84 Å². The molecular weight excluding hydrogens is 232 g/mol. The van der Waals surface area contributed by atoms with E-state index in [1.807, 2.05) is 6.92 Å². The molecule has 6 heteroatoms. The number of aromatic nitrogens is 2. The molecule has 1 aromatic rings. The third-order valence-electron chi connectivity index (χ3n) is 2.09. The summed E-state index contributed by atoms with van der Waals surface area (Å²) < 4.78 is 5.19. The third kappa shape index (κ3) is 2.90. The predicted octanol–water partition coefficient (Wildman–Crippen LogP) is 2.32. The highest BCUT2D eigenvalue weighted by atomic mass is 35.5. The van der Waals surface area contributed by atoms with Crippen LogP contribution in [0.2, 0.25) is 5.02 Å². The van der Waals surface area contributed by atoms with Crippen LogP contribution in [0, 0.1) is 0 Å². The highest BCUT2D eigenvalue weighted by molar-refractivity contribution is 6.33. The minimum absolute atomic E-state index is 0.0302. The van der Waals surface area contributed by atoms with Crippen LogP contribution < -0.4 is 0 Å². The monoisotopic (exact) mass is 244 g/mol. The second kappa shape index (κ2) is 5.77. The molecule has 0 spiro atoms. The van der Waals surface area contributed by atoms with Gasteiger partial charge in [-0.25, -0.2) is 14.8 Å². The standard InChI is InChI=1S/C10H13ClN2O3/c1-3-4-7(16-2)9-12-5-6(11)8(13-9)10(14)15/h5,7H,3-4H2,1-2H3,(H,14,15). The third-order valence-corrected chi connectivity index (χ3v) is 2.37. The van der Waals surface area contributed by atoms with Crippen LogP contribution in [0.25, 0.3) is 0 Å². The van der Waals surface area contributed by atoms with E-state index in [-0.39, 0.29) is 16.8 Å². The summed E-state index contributed by atoms with van der Waals surface area (Å²) in [6.45, 7) is 2.00. The molecule has 1 N–H and O–H groups in total. The van der Waals surface area contributed by atoms with E-state index in [0.717, 1.165) is 12.8 Å². The lowest BCUT2D eigenvalue weighted by Gasteiger charge is -2.13. The van der Waals surface area contributed by atoms with E-state index in [1.165, 1.54) is 6.20 Å². The van der Waals surface area contributed by atoms with Crippen LogP contribution >= 0.6 is 11.6 Å². The normalized spacial score (nSPS) is 12.4. The molecule has 1 unspecified atom stereocenters. The number of carboxylic acid groups (broad SMARTS) is 1. The molecular formula is C10H13ClN2O3. The van der Waals surface area contributed by atoms with E-state index in [0.29, 0.717) is 5.82 Å². The van der Waals surface area contributed by atoms with Crippen molar-refractivity contribution in [3.8, 4) is 0 Å². The smallest absolute Gasteiger partial charge is 0.356 e. The molecule has 0 aliphatic carbocycles. The van der Waals surface area contributed by atoms with Crippen molar-refractivity contribution in [3.05, 3.63) is 22.7 Å². The zero-order chi connectivity index (χ0) is 12.1. The van der Waals surface area contributed by atoms with Crippen LogP contribution in [-0.4, -0.2) is 28.2 Å². The Morgan fingerprint density at radius 3 is 2.88 bits per heavy atom. The van der Waals surface area contributed by atoms with Crippen molar-refractivity contribution in [3.63, 3.8) is 0 Å². The number of carboxylic acids is 1. The zero-order valence-corrected chi connectivity index (χ0v) is 9.86. The van der Waals surface area contributed by atoms with Crippen molar-refractivity contribution in [2.75, 3.05) is 7.11 Å². The van der Waals surface area contributed by atoms with Crippen LogP contribution in [0.5, 0.6) is 0 Å². The van der Waals surface area contributed by atoms with Crippen LogP contribution in [0.1, 0.15) is 42.2 Å². The maximum atomic E-state index is 10.8. The summed E-state index contributed by atoms with van der Waals surface area (Å²) in [5.74, 6) is -0.814. The average Bonchev–Trinajstić information content (AvgIpc) is 2.26. The molecule has 1 aromatic heterocycles. The van der Waals surface area contributed by atoms with Gasteiger partial charge in [0.15, 0.2) is 11.5 Å². The molecule has 5 nitrogen and oxygen atoms in total. The van der Waals surface area contributed by atoms with Crippen LogP contribution in [-0.2, 0) is 4.74 Å². The molecule has 1 rings (SSSR count). The van der Waals surface area contributed by atoms with Crippen molar-refractivity contribution in [2.45, 2.75) is 25.9 Å². The topological polar surface area (TPSA) is 72.3 Å². The number of hydrogen-bond donors (Lipinski definition) is 1. The number of nitrogens with zero attached hydrogens (tertiary/aromatic N) is 2. The van der Waals surface area contributed by atoms with E-state index in [4.69, 9.17) is 21.4 Å². The Morgan fingerprint density at radius 1 is 1.69 bits per heavy atom. The molecule has 0 saturated heterocycles. The summed E-state index contributed by atoms with van der Waals surface area (Å²) in [4.78, 5) is 18.7. The van der Waals surface area contributed by atoms with Crippen molar-refractivity contribution < 1.29 is 14.6 Å². The predicted molar refractivity (Wildman–Crippen MR) is 58.7 cm³/mol. The molecule has 0 aromatic carbocycles. The van der Waals surface area contributed by atoms with Gasteiger partial charge in [0.2, 0.25) is 0 Å². The Labute approximate surface area is 98.4 Å². The van der Waals surface area contributed by atoms with Crippen LogP contribution in [0.4, 0.5) is 0 Å². The largest absolute Gasteiger partial charge is 0.476 e. The van der Waals surface area contributed by atoms with Crippen molar-refractivity contribution in [1.82, 2.24) is 9.97 Å². The van der Waals surface area contributed by atoms with E-state index < -0.39 is 5.97 Å². The van der Waals surface area contributed by atoms with Gasteiger partial charge in [-0.05, 0) is 6.42 Å². The van der Waals surface area contributed by atoms with Gasteiger partial charge >= 0.3 is 5.97 Å². The second-order valence-corrected chi connectivity index (χ2v) is 3.65. The number of methoxy groups -OCH3 is 1. The van der Waals surface area contributed by atoms with Gasteiger partial charge in [0.05, 0.1) is 11.2 Å².